The fourth-order valence-corrected chi connectivity index (χ4v) is 4.12. The Hall–Kier alpha value is -2.40. The summed E-state index contributed by atoms with van der Waals surface area (Å²) >= 11 is 1.30. The average Bonchev–Trinajstić information content (AvgIpc) is 3.12. The van der Waals surface area contributed by atoms with Crippen molar-refractivity contribution >= 4 is 17.7 Å². The first-order valence-corrected chi connectivity index (χ1v) is 10.1. The molecule has 1 fully saturated rings. The summed E-state index contributed by atoms with van der Waals surface area (Å²) in [6.07, 6.45) is 4.49. The lowest BCUT2D eigenvalue weighted by molar-refractivity contribution is -0.121. The Morgan fingerprint density at radius 1 is 1.33 bits per heavy atom. The van der Waals surface area contributed by atoms with Crippen LogP contribution in [0.2, 0.25) is 0 Å². The maximum Gasteiger partial charge on any atom is 0.234 e. The SMILES string of the molecule is Cc1ccc(C)c(-n2nnnc2S[C@@H](C)C(=O)NC2(C#N)CCCCC2)c1. The fraction of sp³-hybridized carbons (Fsp3) is 0.526. The third-order valence-electron chi connectivity index (χ3n) is 4.97. The van der Waals surface area contributed by atoms with Crippen molar-refractivity contribution in [2.45, 2.75) is 68.8 Å². The number of nitrogens with one attached hydrogen (secondary N) is 1. The van der Waals surface area contributed by atoms with Gasteiger partial charge >= 0.3 is 0 Å². The maximum atomic E-state index is 12.7. The van der Waals surface area contributed by atoms with E-state index in [1.54, 1.807) is 4.68 Å². The number of carbonyl (C=O) groups excluding carboxylic acids is 1. The van der Waals surface area contributed by atoms with Crippen molar-refractivity contribution in [3.63, 3.8) is 0 Å². The summed E-state index contributed by atoms with van der Waals surface area (Å²) < 4.78 is 1.66. The molecule has 0 bridgehead atoms. The molecule has 1 aliphatic rings. The van der Waals surface area contributed by atoms with E-state index < -0.39 is 10.8 Å². The van der Waals surface area contributed by atoms with Gasteiger partial charge in [-0.2, -0.15) is 9.94 Å². The van der Waals surface area contributed by atoms with Crippen LogP contribution < -0.4 is 5.32 Å². The predicted octanol–water partition coefficient (Wildman–Crippen LogP) is 3.10. The highest BCUT2D eigenvalue weighted by Crippen LogP contribution is 2.29. The lowest BCUT2D eigenvalue weighted by atomic mass is 9.83. The van der Waals surface area contributed by atoms with Crippen LogP contribution in [0.4, 0.5) is 0 Å². The molecule has 3 rings (SSSR count). The number of thioether (sulfide) groups is 1. The number of amides is 1. The lowest BCUT2D eigenvalue weighted by Crippen LogP contribution is -2.51. The van der Waals surface area contributed by atoms with Crippen molar-refractivity contribution in [3.05, 3.63) is 29.3 Å². The van der Waals surface area contributed by atoms with Gasteiger partial charge in [-0.1, -0.05) is 43.2 Å². The van der Waals surface area contributed by atoms with E-state index in [1.807, 2.05) is 39.0 Å². The average molecular weight is 385 g/mol. The first kappa shape index (κ1) is 19.4. The van der Waals surface area contributed by atoms with E-state index in [9.17, 15) is 10.1 Å². The summed E-state index contributed by atoms with van der Waals surface area (Å²) in [5.74, 6) is -0.154. The number of hydrogen-bond donors (Lipinski definition) is 1. The number of aryl methyl sites for hydroxylation is 2. The molecule has 142 valence electrons. The Balaban J connectivity index is 1.74. The number of nitrogens with zero attached hydrogens (tertiary/aromatic N) is 5. The van der Waals surface area contributed by atoms with Gasteiger partial charge in [-0.05, 0) is 61.2 Å². The molecule has 0 saturated heterocycles. The van der Waals surface area contributed by atoms with Gasteiger partial charge < -0.3 is 5.32 Å². The molecule has 0 unspecified atom stereocenters. The van der Waals surface area contributed by atoms with Gasteiger partial charge in [0.15, 0.2) is 0 Å². The topological polar surface area (TPSA) is 96.5 Å². The van der Waals surface area contributed by atoms with E-state index in [2.05, 4.69) is 26.9 Å². The third kappa shape index (κ3) is 4.30. The fourth-order valence-electron chi connectivity index (χ4n) is 3.32. The van der Waals surface area contributed by atoms with Gasteiger partial charge in [0.2, 0.25) is 11.1 Å². The van der Waals surface area contributed by atoms with Gasteiger partial charge in [0.1, 0.15) is 5.54 Å². The number of nitriles is 1. The van der Waals surface area contributed by atoms with Gasteiger partial charge in [0, 0.05) is 0 Å². The Bertz CT molecular complexity index is 865. The molecule has 27 heavy (non-hydrogen) atoms. The molecule has 8 heteroatoms. The molecule has 1 aromatic carbocycles. The van der Waals surface area contributed by atoms with Gasteiger partial charge in [0.25, 0.3) is 0 Å². The zero-order valence-electron chi connectivity index (χ0n) is 15.9. The van der Waals surface area contributed by atoms with Crippen LogP contribution in [0.25, 0.3) is 5.69 Å². The van der Waals surface area contributed by atoms with Crippen LogP contribution >= 0.6 is 11.8 Å². The molecule has 1 aliphatic carbocycles. The van der Waals surface area contributed by atoms with E-state index >= 15 is 0 Å². The maximum absolute atomic E-state index is 12.7. The molecular formula is C19H24N6OS. The summed E-state index contributed by atoms with van der Waals surface area (Å²) in [4.78, 5) is 12.7. The van der Waals surface area contributed by atoms with E-state index in [-0.39, 0.29) is 5.91 Å². The van der Waals surface area contributed by atoms with Crippen molar-refractivity contribution in [3.8, 4) is 11.8 Å². The summed E-state index contributed by atoms with van der Waals surface area (Å²) in [7, 11) is 0. The van der Waals surface area contributed by atoms with E-state index in [0.717, 1.165) is 36.1 Å². The molecule has 0 radical (unpaired) electrons. The largest absolute Gasteiger partial charge is 0.337 e. The summed E-state index contributed by atoms with van der Waals surface area (Å²) in [6, 6.07) is 8.41. The third-order valence-corrected chi connectivity index (χ3v) is 6.00. The summed E-state index contributed by atoms with van der Waals surface area (Å²) in [5, 5.41) is 24.7. The Morgan fingerprint density at radius 3 is 2.78 bits per heavy atom. The first-order chi connectivity index (χ1) is 12.9. The summed E-state index contributed by atoms with van der Waals surface area (Å²) in [6.45, 7) is 5.83. The van der Waals surface area contributed by atoms with Gasteiger partial charge in [-0.3, -0.25) is 4.79 Å². The molecule has 0 aliphatic heterocycles. The van der Waals surface area contributed by atoms with Gasteiger partial charge in [0.05, 0.1) is 17.0 Å². The number of hydrogen-bond acceptors (Lipinski definition) is 6. The molecule has 1 saturated carbocycles. The second-order valence-electron chi connectivity index (χ2n) is 7.17. The minimum Gasteiger partial charge on any atom is -0.337 e. The highest BCUT2D eigenvalue weighted by Gasteiger charge is 2.35. The van der Waals surface area contributed by atoms with Crippen molar-refractivity contribution in [2.24, 2.45) is 0 Å². The zero-order chi connectivity index (χ0) is 19.4. The predicted molar refractivity (Wildman–Crippen MR) is 104 cm³/mol. The van der Waals surface area contributed by atoms with Crippen LogP contribution in [-0.2, 0) is 4.79 Å². The van der Waals surface area contributed by atoms with E-state index in [4.69, 9.17) is 0 Å². The number of aromatic nitrogens is 4. The smallest absolute Gasteiger partial charge is 0.234 e. The van der Waals surface area contributed by atoms with E-state index in [1.165, 1.54) is 11.8 Å². The molecule has 1 atom stereocenters. The molecule has 1 aromatic heterocycles. The Kier molecular flexibility index (Phi) is 5.80. The Morgan fingerprint density at radius 2 is 2.07 bits per heavy atom. The lowest BCUT2D eigenvalue weighted by Gasteiger charge is -2.32. The van der Waals surface area contributed by atoms with Crippen LogP contribution in [0.5, 0.6) is 0 Å². The number of carbonyl (C=O) groups is 1. The van der Waals surface area contributed by atoms with E-state index in [0.29, 0.717) is 18.0 Å². The molecule has 1 N–H and O–H groups in total. The van der Waals surface area contributed by atoms with Gasteiger partial charge in [-0.15, -0.1) is 5.10 Å². The minimum atomic E-state index is -0.733. The van der Waals surface area contributed by atoms with Crippen molar-refractivity contribution < 1.29 is 4.79 Å². The van der Waals surface area contributed by atoms with Gasteiger partial charge in [-0.25, -0.2) is 0 Å². The van der Waals surface area contributed by atoms with Crippen LogP contribution in [-0.4, -0.2) is 36.9 Å². The number of tetrazole rings is 1. The van der Waals surface area contributed by atoms with Crippen LogP contribution in [0.15, 0.2) is 23.4 Å². The molecule has 7 nitrogen and oxygen atoms in total. The normalized spacial score (nSPS) is 17.1. The first-order valence-electron chi connectivity index (χ1n) is 9.20. The minimum absolute atomic E-state index is 0.154. The molecule has 1 amide bonds. The Labute approximate surface area is 163 Å². The number of rotatable bonds is 5. The second-order valence-corrected chi connectivity index (χ2v) is 8.48. The monoisotopic (exact) mass is 384 g/mol. The van der Waals surface area contributed by atoms with Crippen LogP contribution in [0.3, 0.4) is 0 Å². The molecule has 0 spiro atoms. The highest BCUT2D eigenvalue weighted by atomic mass is 32.2. The molecular weight excluding hydrogens is 360 g/mol. The quantitative estimate of drug-likeness (QED) is 0.796. The zero-order valence-corrected chi connectivity index (χ0v) is 16.7. The summed E-state index contributed by atoms with van der Waals surface area (Å²) in [5.41, 5.74) is 2.33. The second kappa shape index (κ2) is 8.09. The van der Waals surface area contributed by atoms with Crippen molar-refractivity contribution in [1.82, 2.24) is 25.5 Å². The van der Waals surface area contributed by atoms with Crippen molar-refractivity contribution in [2.75, 3.05) is 0 Å². The number of benzene rings is 1. The van der Waals surface area contributed by atoms with Crippen LogP contribution in [0.1, 0.15) is 50.2 Å². The molecule has 2 aromatic rings. The standard InChI is InChI=1S/C19H24N6OS/c1-13-7-8-14(2)16(11-13)25-18(22-23-24-25)27-15(3)17(26)21-19(12-20)9-5-4-6-10-19/h7-8,11,15H,4-6,9-10H2,1-3H3,(H,21,26)/t15-/m0/s1. The highest BCUT2D eigenvalue weighted by molar-refractivity contribution is 8.00. The van der Waals surface area contributed by atoms with Crippen molar-refractivity contribution in [1.29, 1.82) is 5.26 Å². The molecule has 1 heterocycles. The van der Waals surface area contributed by atoms with Crippen LogP contribution in [0, 0.1) is 25.2 Å².